The topological polar surface area (TPSA) is 66.5 Å². The summed E-state index contributed by atoms with van der Waals surface area (Å²) in [5.74, 6) is -0.336. The molecule has 1 amide bonds. The monoisotopic (exact) mass is 490 g/mol. The van der Waals surface area contributed by atoms with Gasteiger partial charge in [0.15, 0.2) is 0 Å². The van der Waals surface area contributed by atoms with Gasteiger partial charge in [0.25, 0.3) is 10.0 Å². The number of carbonyl (C=O) groups excluding carboxylic acids is 1. The molecular formula is C29H34N2O3S. The second-order valence-electron chi connectivity index (χ2n) is 9.33. The summed E-state index contributed by atoms with van der Waals surface area (Å²) in [5, 5.41) is 3.03. The smallest absolute Gasteiger partial charge is 0.264 e. The number of nitrogens with zero attached hydrogens (tertiary/aromatic N) is 1. The van der Waals surface area contributed by atoms with Crippen LogP contribution in [-0.4, -0.2) is 20.9 Å². The summed E-state index contributed by atoms with van der Waals surface area (Å²) in [5.41, 5.74) is 6.17. The molecule has 0 bridgehead atoms. The van der Waals surface area contributed by atoms with Crippen LogP contribution in [0.15, 0.2) is 71.6 Å². The van der Waals surface area contributed by atoms with Crippen molar-refractivity contribution in [2.24, 2.45) is 0 Å². The number of carbonyl (C=O) groups is 1. The van der Waals surface area contributed by atoms with Gasteiger partial charge in [0.1, 0.15) is 6.54 Å². The van der Waals surface area contributed by atoms with E-state index in [2.05, 4.69) is 23.5 Å². The number of hydrogen-bond acceptors (Lipinski definition) is 3. The van der Waals surface area contributed by atoms with Gasteiger partial charge in [-0.15, -0.1) is 0 Å². The van der Waals surface area contributed by atoms with Crippen molar-refractivity contribution in [2.75, 3.05) is 10.8 Å². The molecule has 5 nitrogen and oxygen atoms in total. The highest BCUT2D eigenvalue weighted by atomic mass is 32.2. The van der Waals surface area contributed by atoms with E-state index in [1.165, 1.54) is 28.3 Å². The number of amides is 1. The van der Waals surface area contributed by atoms with Crippen molar-refractivity contribution in [3.63, 3.8) is 0 Å². The Hall–Kier alpha value is -3.12. The van der Waals surface area contributed by atoms with Crippen LogP contribution >= 0.6 is 0 Å². The van der Waals surface area contributed by atoms with Crippen LogP contribution in [0.3, 0.4) is 0 Å². The Labute approximate surface area is 209 Å². The molecule has 35 heavy (non-hydrogen) atoms. The van der Waals surface area contributed by atoms with Crippen LogP contribution in [0.1, 0.15) is 60.5 Å². The van der Waals surface area contributed by atoms with Crippen LogP contribution in [0.4, 0.5) is 5.69 Å². The lowest BCUT2D eigenvalue weighted by Crippen LogP contribution is -2.42. The van der Waals surface area contributed by atoms with Gasteiger partial charge < -0.3 is 5.32 Å². The minimum absolute atomic E-state index is 0.171. The van der Waals surface area contributed by atoms with Gasteiger partial charge >= 0.3 is 0 Å². The lowest BCUT2D eigenvalue weighted by molar-refractivity contribution is -0.120. The van der Waals surface area contributed by atoms with Gasteiger partial charge in [-0.2, -0.15) is 0 Å². The average Bonchev–Trinajstić information content (AvgIpc) is 2.87. The maximum Gasteiger partial charge on any atom is 0.264 e. The van der Waals surface area contributed by atoms with Crippen molar-refractivity contribution in [3.8, 4) is 0 Å². The number of sulfonamides is 1. The Morgan fingerprint density at radius 3 is 2.37 bits per heavy atom. The minimum Gasteiger partial charge on any atom is -0.348 e. The van der Waals surface area contributed by atoms with Crippen LogP contribution in [-0.2, 0) is 34.1 Å². The minimum atomic E-state index is -3.94. The second kappa shape index (κ2) is 10.6. The largest absolute Gasteiger partial charge is 0.348 e. The van der Waals surface area contributed by atoms with E-state index in [0.717, 1.165) is 29.5 Å². The van der Waals surface area contributed by atoms with E-state index in [9.17, 15) is 13.2 Å². The molecule has 0 spiro atoms. The standard InChI is InChI=1S/C29H34N2O3S/c1-4-23-9-7-8-12-28(23)31(35(33,34)27-17-13-21(2)14-18-27)20-29(32)30-22(3)25-16-15-24-10-5-6-11-26(24)19-25/h7-9,12-19,22H,4-6,10-11,20H2,1-3H3,(H,30,32). The number of rotatable bonds is 8. The predicted octanol–water partition coefficient (Wildman–Crippen LogP) is 5.51. The quantitative estimate of drug-likeness (QED) is 0.453. The first-order chi connectivity index (χ1) is 16.8. The number of nitrogens with one attached hydrogen (secondary N) is 1. The van der Waals surface area contributed by atoms with Crippen LogP contribution in [0.2, 0.25) is 0 Å². The third-order valence-electron chi connectivity index (χ3n) is 6.79. The van der Waals surface area contributed by atoms with E-state index < -0.39 is 10.0 Å². The highest BCUT2D eigenvalue weighted by Gasteiger charge is 2.29. The molecule has 0 fully saturated rings. The number of anilines is 1. The van der Waals surface area contributed by atoms with Crippen molar-refractivity contribution < 1.29 is 13.2 Å². The van der Waals surface area contributed by atoms with Crippen LogP contribution in [0.5, 0.6) is 0 Å². The number of hydrogen-bond donors (Lipinski definition) is 1. The van der Waals surface area contributed by atoms with E-state index in [0.29, 0.717) is 12.1 Å². The Bertz CT molecular complexity index is 1300. The van der Waals surface area contributed by atoms with E-state index in [1.807, 2.05) is 32.9 Å². The fourth-order valence-corrected chi connectivity index (χ4v) is 6.17. The molecule has 1 N–H and O–H groups in total. The van der Waals surface area contributed by atoms with E-state index in [-0.39, 0.29) is 23.4 Å². The summed E-state index contributed by atoms with van der Waals surface area (Å²) < 4.78 is 28.7. The molecule has 0 saturated carbocycles. The van der Waals surface area contributed by atoms with Crippen molar-refractivity contribution in [1.29, 1.82) is 0 Å². The Balaban J connectivity index is 1.60. The molecule has 4 rings (SSSR count). The zero-order valence-corrected chi connectivity index (χ0v) is 21.6. The van der Waals surface area contributed by atoms with Crippen molar-refractivity contribution >= 4 is 21.6 Å². The maximum atomic E-state index is 13.7. The second-order valence-corrected chi connectivity index (χ2v) is 11.2. The van der Waals surface area contributed by atoms with Crippen molar-refractivity contribution in [2.45, 2.75) is 63.8 Å². The number of benzene rings is 3. The van der Waals surface area contributed by atoms with Gasteiger partial charge in [-0.3, -0.25) is 9.10 Å². The number of fused-ring (bicyclic) bond motifs is 1. The zero-order chi connectivity index (χ0) is 25.0. The van der Waals surface area contributed by atoms with E-state index in [1.54, 1.807) is 36.4 Å². The normalized spacial score (nSPS) is 14.1. The molecule has 1 aliphatic rings. The van der Waals surface area contributed by atoms with Gasteiger partial charge in [-0.05, 0) is 86.4 Å². The molecule has 6 heteroatoms. The van der Waals surface area contributed by atoms with Gasteiger partial charge in [0, 0.05) is 0 Å². The van der Waals surface area contributed by atoms with Gasteiger partial charge in [0.05, 0.1) is 16.6 Å². The molecule has 0 aliphatic heterocycles. The molecule has 1 aliphatic carbocycles. The number of aryl methyl sites for hydroxylation is 4. The third-order valence-corrected chi connectivity index (χ3v) is 8.56. The van der Waals surface area contributed by atoms with Gasteiger partial charge in [0.2, 0.25) is 5.91 Å². The third kappa shape index (κ3) is 5.59. The summed E-state index contributed by atoms with van der Waals surface area (Å²) in [4.78, 5) is 13.4. The summed E-state index contributed by atoms with van der Waals surface area (Å²) in [6, 6.07) is 20.3. The molecule has 0 aromatic heterocycles. The lowest BCUT2D eigenvalue weighted by Gasteiger charge is -2.27. The SMILES string of the molecule is CCc1ccccc1N(CC(=O)NC(C)c1ccc2c(c1)CCCC2)S(=O)(=O)c1ccc(C)cc1. The van der Waals surface area contributed by atoms with Gasteiger partial charge in [-0.1, -0.05) is 61.0 Å². The van der Waals surface area contributed by atoms with E-state index >= 15 is 0 Å². The molecule has 184 valence electrons. The highest BCUT2D eigenvalue weighted by molar-refractivity contribution is 7.92. The Morgan fingerprint density at radius 1 is 0.971 bits per heavy atom. The molecule has 0 radical (unpaired) electrons. The highest BCUT2D eigenvalue weighted by Crippen LogP contribution is 2.28. The average molecular weight is 491 g/mol. The van der Waals surface area contributed by atoms with Gasteiger partial charge in [-0.25, -0.2) is 8.42 Å². The molecule has 0 saturated heterocycles. The van der Waals surface area contributed by atoms with Crippen LogP contribution in [0, 0.1) is 6.92 Å². The first-order valence-corrected chi connectivity index (χ1v) is 13.8. The molecule has 1 atom stereocenters. The van der Waals surface area contributed by atoms with Crippen LogP contribution in [0.25, 0.3) is 0 Å². The van der Waals surface area contributed by atoms with E-state index in [4.69, 9.17) is 0 Å². The molecule has 3 aromatic carbocycles. The Morgan fingerprint density at radius 2 is 1.66 bits per heavy atom. The van der Waals surface area contributed by atoms with Crippen LogP contribution < -0.4 is 9.62 Å². The lowest BCUT2D eigenvalue weighted by atomic mass is 9.89. The number of para-hydroxylation sites is 1. The summed E-state index contributed by atoms with van der Waals surface area (Å²) in [7, 11) is -3.94. The zero-order valence-electron chi connectivity index (χ0n) is 20.8. The fraction of sp³-hybridized carbons (Fsp3) is 0.345. The van der Waals surface area contributed by atoms with Crippen molar-refractivity contribution in [1.82, 2.24) is 5.32 Å². The summed E-state index contributed by atoms with van der Waals surface area (Å²) in [6.07, 6.45) is 5.26. The van der Waals surface area contributed by atoms with Crippen molar-refractivity contribution in [3.05, 3.63) is 94.5 Å². The molecule has 0 heterocycles. The summed E-state index contributed by atoms with van der Waals surface area (Å²) >= 11 is 0. The first kappa shape index (κ1) is 25.0. The summed E-state index contributed by atoms with van der Waals surface area (Å²) in [6.45, 7) is 5.55. The maximum absolute atomic E-state index is 13.7. The fourth-order valence-electron chi connectivity index (χ4n) is 4.71. The molecular weight excluding hydrogens is 456 g/mol. The molecule has 3 aromatic rings. The predicted molar refractivity (Wildman–Crippen MR) is 141 cm³/mol. The first-order valence-electron chi connectivity index (χ1n) is 12.4. The Kier molecular flexibility index (Phi) is 7.60. The molecule has 1 unspecified atom stereocenters.